The first-order chi connectivity index (χ1) is 7.54. The second-order valence-electron chi connectivity index (χ2n) is 3.34. The van der Waals surface area contributed by atoms with Crippen LogP contribution >= 0.6 is 23.2 Å². The van der Waals surface area contributed by atoms with Crippen molar-refractivity contribution in [3.05, 3.63) is 33.8 Å². The number of nitrogens with one attached hydrogen (secondary N) is 1. The highest BCUT2D eigenvalue weighted by Crippen LogP contribution is 2.25. The zero-order valence-electron chi connectivity index (χ0n) is 9.09. The standard InChI is InChI=1S/C11H13Cl2NO2/c1-7(14-6-11(15)16-2)9-5-8(12)3-4-10(9)13/h3-5,7,14H,6H2,1-2H3. The van der Waals surface area contributed by atoms with E-state index in [-0.39, 0.29) is 18.6 Å². The van der Waals surface area contributed by atoms with Crippen LogP contribution in [0.4, 0.5) is 0 Å². The minimum absolute atomic E-state index is 0.0645. The van der Waals surface area contributed by atoms with Crippen molar-refractivity contribution in [2.45, 2.75) is 13.0 Å². The summed E-state index contributed by atoms with van der Waals surface area (Å²) in [6.45, 7) is 2.04. The van der Waals surface area contributed by atoms with E-state index in [0.717, 1.165) is 5.56 Å². The number of ether oxygens (including phenoxy) is 1. The molecule has 0 fully saturated rings. The number of hydrogen-bond acceptors (Lipinski definition) is 3. The van der Waals surface area contributed by atoms with Crippen molar-refractivity contribution in [3.8, 4) is 0 Å². The first kappa shape index (κ1) is 13.3. The molecule has 0 amide bonds. The molecule has 0 aliphatic carbocycles. The van der Waals surface area contributed by atoms with Gasteiger partial charge in [0, 0.05) is 16.1 Å². The molecule has 0 aliphatic heterocycles. The highest BCUT2D eigenvalue weighted by Gasteiger charge is 2.11. The molecule has 0 saturated carbocycles. The fraction of sp³-hybridized carbons (Fsp3) is 0.364. The Kier molecular flexibility index (Phi) is 5.06. The molecule has 0 spiro atoms. The number of hydrogen-bond donors (Lipinski definition) is 1. The van der Waals surface area contributed by atoms with Crippen LogP contribution in [0, 0.1) is 0 Å². The van der Waals surface area contributed by atoms with Gasteiger partial charge in [0.15, 0.2) is 0 Å². The van der Waals surface area contributed by atoms with Crippen molar-refractivity contribution < 1.29 is 9.53 Å². The Hall–Kier alpha value is -0.770. The predicted molar refractivity (Wildman–Crippen MR) is 64.9 cm³/mol. The van der Waals surface area contributed by atoms with Crippen LogP contribution in [0.5, 0.6) is 0 Å². The summed E-state index contributed by atoms with van der Waals surface area (Å²) >= 11 is 11.9. The Morgan fingerprint density at radius 3 is 2.81 bits per heavy atom. The van der Waals surface area contributed by atoms with E-state index in [1.165, 1.54) is 7.11 Å². The van der Waals surface area contributed by atoms with Crippen LogP contribution in [-0.4, -0.2) is 19.6 Å². The van der Waals surface area contributed by atoms with Gasteiger partial charge in [-0.25, -0.2) is 0 Å². The van der Waals surface area contributed by atoms with Crippen LogP contribution in [-0.2, 0) is 9.53 Å². The lowest BCUT2D eigenvalue weighted by molar-refractivity contribution is -0.139. The Labute approximate surface area is 105 Å². The van der Waals surface area contributed by atoms with Crippen molar-refractivity contribution in [2.75, 3.05) is 13.7 Å². The van der Waals surface area contributed by atoms with Gasteiger partial charge in [-0.1, -0.05) is 23.2 Å². The molecular formula is C11H13Cl2NO2. The molecule has 1 atom stereocenters. The van der Waals surface area contributed by atoms with E-state index in [4.69, 9.17) is 23.2 Å². The summed E-state index contributed by atoms with van der Waals surface area (Å²) in [5.41, 5.74) is 0.859. The lowest BCUT2D eigenvalue weighted by Crippen LogP contribution is -2.26. The van der Waals surface area contributed by atoms with Crippen LogP contribution in [0.1, 0.15) is 18.5 Å². The third kappa shape index (κ3) is 3.67. The van der Waals surface area contributed by atoms with Gasteiger partial charge < -0.3 is 10.1 Å². The number of esters is 1. The molecular weight excluding hydrogens is 249 g/mol. The highest BCUT2D eigenvalue weighted by atomic mass is 35.5. The lowest BCUT2D eigenvalue weighted by Gasteiger charge is -2.15. The maximum atomic E-state index is 11.0. The molecule has 0 bridgehead atoms. The van der Waals surface area contributed by atoms with Crippen LogP contribution < -0.4 is 5.32 Å². The quantitative estimate of drug-likeness (QED) is 0.848. The van der Waals surface area contributed by atoms with E-state index >= 15 is 0 Å². The predicted octanol–water partition coefficient (Wildman–Crippen LogP) is 2.82. The molecule has 88 valence electrons. The fourth-order valence-corrected chi connectivity index (χ4v) is 1.73. The third-order valence-electron chi connectivity index (χ3n) is 2.20. The SMILES string of the molecule is COC(=O)CNC(C)c1cc(Cl)ccc1Cl. The normalized spacial score (nSPS) is 12.2. The summed E-state index contributed by atoms with van der Waals surface area (Å²) in [4.78, 5) is 11.0. The van der Waals surface area contributed by atoms with E-state index in [1.54, 1.807) is 18.2 Å². The van der Waals surface area contributed by atoms with Crippen molar-refractivity contribution in [3.63, 3.8) is 0 Å². The van der Waals surface area contributed by atoms with Gasteiger partial charge in [-0.05, 0) is 30.7 Å². The van der Waals surface area contributed by atoms with Gasteiger partial charge in [0.1, 0.15) is 0 Å². The molecule has 0 aliphatic rings. The molecule has 0 saturated heterocycles. The van der Waals surface area contributed by atoms with Gasteiger partial charge in [0.05, 0.1) is 13.7 Å². The molecule has 0 aromatic heterocycles. The molecule has 1 aromatic rings. The third-order valence-corrected chi connectivity index (χ3v) is 2.78. The second kappa shape index (κ2) is 6.09. The van der Waals surface area contributed by atoms with Crippen molar-refractivity contribution in [1.82, 2.24) is 5.32 Å². The largest absolute Gasteiger partial charge is 0.468 e. The zero-order chi connectivity index (χ0) is 12.1. The summed E-state index contributed by atoms with van der Waals surface area (Å²) in [7, 11) is 1.35. The van der Waals surface area contributed by atoms with Crippen LogP contribution in [0.3, 0.4) is 0 Å². The summed E-state index contributed by atoms with van der Waals surface area (Å²) in [5.74, 6) is -0.315. The Morgan fingerprint density at radius 1 is 1.50 bits per heavy atom. The first-order valence-electron chi connectivity index (χ1n) is 4.79. The van der Waals surface area contributed by atoms with E-state index in [0.29, 0.717) is 10.0 Å². The van der Waals surface area contributed by atoms with Crippen molar-refractivity contribution >= 4 is 29.2 Å². The smallest absolute Gasteiger partial charge is 0.319 e. The summed E-state index contributed by atoms with van der Waals surface area (Å²) in [5, 5.41) is 4.24. The maximum absolute atomic E-state index is 11.0. The van der Waals surface area contributed by atoms with Gasteiger partial charge >= 0.3 is 5.97 Å². The average Bonchev–Trinajstić information content (AvgIpc) is 2.28. The average molecular weight is 262 g/mol. The van der Waals surface area contributed by atoms with Crippen molar-refractivity contribution in [1.29, 1.82) is 0 Å². The summed E-state index contributed by atoms with van der Waals surface area (Å²) < 4.78 is 4.53. The topological polar surface area (TPSA) is 38.3 Å². The molecule has 5 heteroatoms. The number of methoxy groups -OCH3 is 1. The van der Waals surface area contributed by atoms with Gasteiger partial charge in [0.2, 0.25) is 0 Å². The number of carbonyl (C=O) groups excluding carboxylic acids is 1. The van der Waals surface area contributed by atoms with Gasteiger partial charge in [0.25, 0.3) is 0 Å². The molecule has 16 heavy (non-hydrogen) atoms. The number of benzene rings is 1. The molecule has 1 unspecified atom stereocenters. The zero-order valence-corrected chi connectivity index (χ0v) is 10.6. The minimum atomic E-state index is -0.315. The Bertz CT molecular complexity index is 382. The number of rotatable bonds is 4. The van der Waals surface area contributed by atoms with E-state index < -0.39 is 0 Å². The molecule has 1 rings (SSSR count). The maximum Gasteiger partial charge on any atom is 0.319 e. The fourth-order valence-electron chi connectivity index (χ4n) is 1.26. The summed E-state index contributed by atoms with van der Waals surface area (Å²) in [6.07, 6.45) is 0. The molecule has 3 nitrogen and oxygen atoms in total. The second-order valence-corrected chi connectivity index (χ2v) is 4.19. The number of halogens is 2. The number of carbonyl (C=O) groups is 1. The van der Waals surface area contributed by atoms with E-state index in [1.807, 2.05) is 6.92 Å². The Morgan fingerprint density at radius 2 is 2.19 bits per heavy atom. The van der Waals surface area contributed by atoms with Crippen LogP contribution in [0.25, 0.3) is 0 Å². The lowest BCUT2D eigenvalue weighted by atomic mass is 10.1. The molecule has 0 radical (unpaired) electrons. The minimum Gasteiger partial charge on any atom is -0.468 e. The molecule has 1 N–H and O–H groups in total. The summed E-state index contributed by atoms with van der Waals surface area (Å²) in [6, 6.07) is 5.17. The monoisotopic (exact) mass is 261 g/mol. The first-order valence-corrected chi connectivity index (χ1v) is 5.55. The van der Waals surface area contributed by atoms with Gasteiger partial charge in [-0.3, -0.25) is 4.79 Å². The molecule has 0 heterocycles. The highest BCUT2D eigenvalue weighted by molar-refractivity contribution is 6.33. The molecule has 1 aromatic carbocycles. The van der Waals surface area contributed by atoms with Crippen molar-refractivity contribution in [2.24, 2.45) is 0 Å². The van der Waals surface area contributed by atoms with E-state index in [9.17, 15) is 4.79 Å². The van der Waals surface area contributed by atoms with E-state index in [2.05, 4.69) is 10.1 Å². The van der Waals surface area contributed by atoms with Gasteiger partial charge in [-0.2, -0.15) is 0 Å². The van der Waals surface area contributed by atoms with Crippen LogP contribution in [0.15, 0.2) is 18.2 Å². The van der Waals surface area contributed by atoms with Crippen LogP contribution in [0.2, 0.25) is 10.0 Å². The Balaban J connectivity index is 2.68. The van der Waals surface area contributed by atoms with Gasteiger partial charge in [-0.15, -0.1) is 0 Å².